The molecule has 104 valence electrons. The Morgan fingerprint density at radius 2 is 1.95 bits per heavy atom. The minimum atomic E-state index is -1.01. The molecule has 0 fully saturated rings. The van der Waals surface area contributed by atoms with Crippen LogP contribution in [0.15, 0.2) is 12.1 Å². The van der Waals surface area contributed by atoms with Crippen molar-refractivity contribution in [2.45, 2.75) is 19.9 Å². The summed E-state index contributed by atoms with van der Waals surface area (Å²) in [5.74, 6) is -3.16. The van der Waals surface area contributed by atoms with E-state index in [4.69, 9.17) is 5.73 Å². The first-order chi connectivity index (χ1) is 8.81. The number of anilines is 1. The second-order valence-electron chi connectivity index (χ2n) is 4.26. The molecule has 4 N–H and O–H groups in total. The van der Waals surface area contributed by atoms with Gasteiger partial charge in [0.15, 0.2) is 5.82 Å². The summed E-state index contributed by atoms with van der Waals surface area (Å²) < 4.78 is 26.5. The van der Waals surface area contributed by atoms with Crippen LogP contribution in [0.3, 0.4) is 0 Å². The van der Waals surface area contributed by atoms with Crippen LogP contribution in [0.2, 0.25) is 0 Å². The molecule has 2 amide bonds. The predicted molar refractivity (Wildman–Crippen MR) is 66.4 cm³/mol. The van der Waals surface area contributed by atoms with E-state index < -0.39 is 34.7 Å². The third-order valence-corrected chi connectivity index (χ3v) is 2.17. The molecule has 7 heteroatoms. The van der Waals surface area contributed by atoms with E-state index >= 15 is 0 Å². The molecule has 0 aliphatic carbocycles. The van der Waals surface area contributed by atoms with Gasteiger partial charge in [0, 0.05) is 6.04 Å². The number of rotatable bonds is 4. The normalized spacial score (nSPS) is 10.4. The maximum Gasteiger partial charge on any atom is 0.254 e. The van der Waals surface area contributed by atoms with Gasteiger partial charge in [-0.2, -0.15) is 0 Å². The molecular weight excluding hydrogens is 256 g/mol. The molecule has 1 aromatic rings. The van der Waals surface area contributed by atoms with E-state index in [0.29, 0.717) is 0 Å². The van der Waals surface area contributed by atoms with E-state index in [1.54, 1.807) is 13.8 Å². The Hall–Kier alpha value is -2.18. The van der Waals surface area contributed by atoms with Gasteiger partial charge in [0.05, 0.1) is 17.8 Å². The van der Waals surface area contributed by atoms with Crippen molar-refractivity contribution in [2.24, 2.45) is 0 Å². The number of amides is 2. The van der Waals surface area contributed by atoms with Gasteiger partial charge in [-0.1, -0.05) is 0 Å². The number of nitrogens with two attached hydrogens (primary N) is 1. The zero-order valence-electron chi connectivity index (χ0n) is 10.6. The number of hydrogen-bond donors (Lipinski definition) is 3. The third-order valence-electron chi connectivity index (χ3n) is 2.17. The Bertz CT molecular complexity index is 504. The third kappa shape index (κ3) is 4.20. The van der Waals surface area contributed by atoms with Crippen molar-refractivity contribution in [1.29, 1.82) is 0 Å². The highest BCUT2D eigenvalue weighted by Crippen LogP contribution is 2.17. The average Bonchev–Trinajstić information content (AvgIpc) is 2.29. The van der Waals surface area contributed by atoms with E-state index in [9.17, 15) is 18.4 Å². The average molecular weight is 271 g/mol. The van der Waals surface area contributed by atoms with Gasteiger partial charge in [0.1, 0.15) is 5.82 Å². The maximum absolute atomic E-state index is 13.5. The lowest BCUT2D eigenvalue weighted by molar-refractivity contribution is -0.120. The van der Waals surface area contributed by atoms with E-state index in [-0.39, 0.29) is 12.6 Å². The second-order valence-corrected chi connectivity index (χ2v) is 4.26. The quantitative estimate of drug-likeness (QED) is 0.708. The van der Waals surface area contributed by atoms with Crippen molar-refractivity contribution in [2.75, 3.05) is 12.3 Å². The highest BCUT2D eigenvalue weighted by Gasteiger charge is 2.16. The molecule has 0 radical (unpaired) electrons. The van der Waals surface area contributed by atoms with Gasteiger partial charge in [-0.15, -0.1) is 0 Å². The minimum Gasteiger partial charge on any atom is -0.396 e. The van der Waals surface area contributed by atoms with E-state index in [1.807, 2.05) is 0 Å². The van der Waals surface area contributed by atoms with Crippen molar-refractivity contribution in [3.63, 3.8) is 0 Å². The molecule has 19 heavy (non-hydrogen) atoms. The zero-order valence-corrected chi connectivity index (χ0v) is 10.6. The molecule has 0 aliphatic rings. The van der Waals surface area contributed by atoms with Crippen LogP contribution >= 0.6 is 0 Å². The lowest BCUT2D eigenvalue weighted by Crippen LogP contribution is -2.40. The molecule has 0 heterocycles. The molecule has 0 spiro atoms. The summed E-state index contributed by atoms with van der Waals surface area (Å²) in [6, 6.07) is 1.42. The van der Waals surface area contributed by atoms with Crippen molar-refractivity contribution < 1.29 is 18.4 Å². The van der Waals surface area contributed by atoms with Crippen LogP contribution in [0.1, 0.15) is 24.2 Å². The summed E-state index contributed by atoms with van der Waals surface area (Å²) >= 11 is 0. The van der Waals surface area contributed by atoms with Crippen molar-refractivity contribution >= 4 is 17.5 Å². The number of halogens is 2. The first-order valence-corrected chi connectivity index (χ1v) is 5.63. The Morgan fingerprint density at radius 3 is 2.53 bits per heavy atom. The van der Waals surface area contributed by atoms with Gasteiger partial charge in [0.2, 0.25) is 5.91 Å². The first-order valence-electron chi connectivity index (χ1n) is 5.63. The van der Waals surface area contributed by atoms with Gasteiger partial charge in [-0.05, 0) is 26.0 Å². The number of carbonyl (C=O) groups is 2. The fraction of sp³-hybridized carbons (Fsp3) is 0.333. The first kappa shape index (κ1) is 14.9. The number of nitrogens with one attached hydrogen (secondary N) is 2. The summed E-state index contributed by atoms with van der Waals surface area (Å²) in [5.41, 5.74) is 4.21. The van der Waals surface area contributed by atoms with Crippen LogP contribution in [0.4, 0.5) is 14.5 Å². The summed E-state index contributed by atoms with van der Waals surface area (Å²) in [6.45, 7) is 3.19. The molecular formula is C12H15F2N3O2. The molecule has 0 atom stereocenters. The molecule has 0 saturated heterocycles. The van der Waals surface area contributed by atoms with Crippen molar-refractivity contribution in [3.8, 4) is 0 Å². The largest absolute Gasteiger partial charge is 0.396 e. The van der Waals surface area contributed by atoms with E-state index in [0.717, 1.165) is 12.1 Å². The summed E-state index contributed by atoms with van der Waals surface area (Å²) in [4.78, 5) is 22.9. The zero-order chi connectivity index (χ0) is 14.6. The van der Waals surface area contributed by atoms with Gasteiger partial charge in [-0.25, -0.2) is 8.78 Å². The maximum atomic E-state index is 13.5. The Balaban J connectivity index is 2.72. The topological polar surface area (TPSA) is 84.2 Å². The van der Waals surface area contributed by atoms with Crippen LogP contribution in [-0.2, 0) is 4.79 Å². The van der Waals surface area contributed by atoms with Crippen LogP contribution in [0, 0.1) is 11.6 Å². The lowest BCUT2D eigenvalue weighted by atomic mass is 10.1. The minimum absolute atomic E-state index is 0.0778. The smallest absolute Gasteiger partial charge is 0.254 e. The second kappa shape index (κ2) is 6.12. The monoisotopic (exact) mass is 271 g/mol. The number of hydrogen-bond acceptors (Lipinski definition) is 3. The summed E-state index contributed by atoms with van der Waals surface area (Å²) in [5, 5.41) is 4.73. The fourth-order valence-electron chi connectivity index (χ4n) is 1.40. The van der Waals surface area contributed by atoms with Crippen LogP contribution < -0.4 is 16.4 Å². The molecule has 0 aliphatic heterocycles. The predicted octanol–water partition coefficient (Wildman–Crippen LogP) is 0.801. The molecule has 0 bridgehead atoms. The molecule has 1 aromatic carbocycles. The summed E-state index contributed by atoms with van der Waals surface area (Å²) in [6.07, 6.45) is 0. The highest BCUT2D eigenvalue weighted by molar-refractivity contribution is 5.97. The fourth-order valence-corrected chi connectivity index (χ4v) is 1.40. The Labute approximate surface area is 109 Å². The highest BCUT2D eigenvalue weighted by atomic mass is 19.1. The Morgan fingerprint density at radius 1 is 1.32 bits per heavy atom. The molecule has 0 aromatic heterocycles. The number of nitrogen functional groups attached to an aromatic ring is 1. The van der Waals surface area contributed by atoms with Gasteiger partial charge >= 0.3 is 0 Å². The van der Waals surface area contributed by atoms with Crippen LogP contribution in [-0.4, -0.2) is 24.4 Å². The number of carbonyl (C=O) groups excluding carboxylic acids is 2. The molecule has 0 unspecified atom stereocenters. The van der Waals surface area contributed by atoms with Crippen molar-refractivity contribution in [1.82, 2.24) is 10.6 Å². The molecule has 5 nitrogen and oxygen atoms in total. The summed E-state index contributed by atoms with van der Waals surface area (Å²) in [7, 11) is 0. The van der Waals surface area contributed by atoms with Gasteiger partial charge in [0.25, 0.3) is 5.91 Å². The van der Waals surface area contributed by atoms with Crippen LogP contribution in [0.5, 0.6) is 0 Å². The van der Waals surface area contributed by atoms with Gasteiger partial charge in [-0.3, -0.25) is 9.59 Å². The van der Waals surface area contributed by atoms with Crippen molar-refractivity contribution in [3.05, 3.63) is 29.3 Å². The van der Waals surface area contributed by atoms with E-state index in [2.05, 4.69) is 10.6 Å². The Kier molecular flexibility index (Phi) is 4.80. The van der Waals surface area contributed by atoms with E-state index in [1.165, 1.54) is 0 Å². The number of benzene rings is 1. The molecule has 1 rings (SSSR count). The standard InChI is InChI=1S/C12H15F2N3O2/c1-6(2)17-10(18)5-16-12(19)8-3-7(13)4-9(15)11(8)14/h3-4,6H,5,15H2,1-2H3,(H,16,19)(H,17,18). The van der Waals surface area contributed by atoms with Crippen LogP contribution in [0.25, 0.3) is 0 Å². The van der Waals surface area contributed by atoms with Gasteiger partial charge < -0.3 is 16.4 Å². The SMILES string of the molecule is CC(C)NC(=O)CNC(=O)c1cc(F)cc(N)c1F. The molecule has 0 saturated carbocycles. The lowest BCUT2D eigenvalue weighted by Gasteiger charge is -2.10.